The predicted molar refractivity (Wildman–Crippen MR) is 208 cm³/mol. The highest BCUT2D eigenvalue weighted by molar-refractivity contribution is 5.94. The zero-order valence-corrected chi connectivity index (χ0v) is 27.9. The Bertz CT molecular complexity index is 2820. The maximum Gasteiger partial charge on any atom is 0.307 e. The SMILES string of the molecule is c1ccc(-c2ccc3oc4nc5ccc(-c6ccc(-c7nc(-c8ccccc8)nc(-c8ccccc8)n7)cc6-c6ccccc6)cc5n4c3c2)cc1. The Morgan fingerprint density at radius 3 is 1.50 bits per heavy atom. The molecule has 10 aromatic rings. The average molecular weight is 668 g/mol. The quantitative estimate of drug-likeness (QED) is 0.176. The molecule has 6 nitrogen and oxygen atoms in total. The van der Waals surface area contributed by atoms with Gasteiger partial charge in [0.05, 0.1) is 16.6 Å². The van der Waals surface area contributed by atoms with Crippen molar-refractivity contribution in [2.45, 2.75) is 0 Å². The number of imidazole rings is 1. The summed E-state index contributed by atoms with van der Waals surface area (Å²) in [6.07, 6.45) is 0. The van der Waals surface area contributed by atoms with Gasteiger partial charge in [-0.15, -0.1) is 0 Å². The third-order valence-electron chi connectivity index (χ3n) is 9.50. The molecule has 0 aliphatic carbocycles. The number of nitrogens with zero attached hydrogens (tertiary/aromatic N) is 5. The van der Waals surface area contributed by atoms with Gasteiger partial charge in [-0.1, -0.05) is 146 Å². The molecule has 7 aromatic carbocycles. The first-order valence-electron chi connectivity index (χ1n) is 17.2. The molecular weight excluding hydrogens is 639 g/mol. The highest BCUT2D eigenvalue weighted by Crippen LogP contribution is 2.38. The summed E-state index contributed by atoms with van der Waals surface area (Å²) in [6, 6.07) is 60.2. The van der Waals surface area contributed by atoms with Gasteiger partial charge in [-0.25, -0.2) is 15.0 Å². The van der Waals surface area contributed by atoms with Crippen molar-refractivity contribution in [3.63, 3.8) is 0 Å². The monoisotopic (exact) mass is 667 g/mol. The molecule has 0 radical (unpaired) electrons. The molecule has 52 heavy (non-hydrogen) atoms. The van der Waals surface area contributed by atoms with Crippen molar-refractivity contribution in [3.05, 3.63) is 176 Å². The summed E-state index contributed by atoms with van der Waals surface area (Å²) in [4.78, 5) is 19.8. The van der Waals surface area contributed by atoms with Crippen LogP contribution in [-0.2, 0) is 0 Å². The largest absolute Gasteiger partial charge is 0.423 e. The van der Waals surface area contributed by atoms with Crippen molar-refractivity contribution in [2.24, 2.45) is 0 Å². The van der Waals surface area contributed by atoms with E-state index in [9.17, 15) is 0 Å². The molecule has 0 atom stereocenters. The summed E-state index contributed by atoms with van der Waals surface area (Å²) in [7, 11) is 0. The van der Waals surface area contributed by atoms with Gasteiger partial charge >= 0.3 is 5.84 Å². The molecular formula is C46H29N5O. The van der Waals surface area contributed by atoms with Crippen molar-refractivity contribution in [3.8, 4) is 67.5 Å². The van der Waals surface area contributed by atoms with E-state index in [0.29, 0.717) is 23.3 Å². The van der Waals surface area contributed by atoms with Crippen LogP contribution in [0.4, 0.5) is 0 Å². The van der Waals surface area contributed by atoms with E-state index in [1.165, 1.54) is 0 Å². The molecule has 3 heterocycles. The Balaban J connectivity index is 1.14. The lowest BCUT2D eigenvalue weighted by Crippen LogP contribution is -2.00. The fourth-order valence-electron chi connectivity index (χ4n) is 6.94. The summed E-state index contributed by atoms with van der Waals surface area (Å²) >= 11 is 0. The molecule has 0 N–H and O–H groups in total. The maximum absolute atomic E-state index is 6.25. The molecule has 0 amide bonds. The molecule has 0 spiro atoms. The predicted octanol–water partition coefficient (Wildman–Crippen LogP) is 11.4. The summed E-state index contributed by atoms with van der Waals surface area (Å²) in [6.45, 7) is 0. The fourth-order valence-corrected chi connectivity index (χ4v) is 6.94. The lowest BCUT2D eigenvalue weighted by Gasteiger charge is -2.14. The van der Waals surface area contributed by atoms with Crippen LogP contribution < -0.4 is 0 Å². The molecule has 3 aromatic heterocycles. The molecule has 0 fully saturated rings. The van der Waals surface area contributed by atoms with Crippen LogP contribution in [-0.4, -0.2) is 24.3 Å². The van der Waals surface area contributed by atoms with Crippen molar-refractivity contribution in [2.75, 3.05) is 0 Å². The minimum atomic E-state index is 0.573. The smallest absolute Gasteiger partial charge is 0.307 e. The maximum atomic E-state index is 6.25. The number of hydrogen-bond acceptors (Lipinski definition) is 5. The van der Waals surface area contributed by atoms with Gasteiger partial charge < -0.3 is 4.42 Å². The highest BCUT2D eigenvalue weighted by Gasteiger charge is 2.18. The molecule has 10 rings (SSSR count). The summed E-state index contributed by atoms with van der Waals surface area (Å²) in [5, 5.41) is 0. The molecule has 0 unspecified atom stereocenters. The second-order valence-corrected chi connectivity index (χ2v) is 12.7. The van der Waals surface area contributed by atoms with Gasteiger partial charge in [-0.2, -0.15) is 4.98 Å². The number of rotatable bonds is 6. The lowest BCUT2D eigenvalue weighted by atomic mass is 9.92. The zero-order chi connectivity index (χ0) is 34.4. The van der Waals surface area contributed by atoms with Crippen LogP contribution in [0.2, 0.25) is 0 Å². The van der Waals surface area contributed by atoms with Crippen LogP contribution in [0.3, 0.4) is 0 Å². The number of oxazole rings is 1. The van der Waals surface area contributed by atoms with Crippen molar-refractivity contribution in [1.82, 2.24) is 24.3 Å². The average Bonchev–Trinajstić information content (AvgIpc) is 3.77. The number of hydrogen-bond donors (Lipinski definition) is 0. The normalized spacial score (nSPS) is 11.5. The molecule has 0 aliphatic rings. The third kappa shape index (κ3) is 5.22. The summed E-state index contributed by atoms with van der Waals surface area (Å²) in [5.74, 6) is 2.45. The molecule has 244 valence electrons. The molecule has 0 aliphatic heterocycles. The second kappa shape index (κ2) is 12.3. The van der Waals surface area contributed by atoms with Gasteiger partial charge in [-0.05, 0) is 63.7 Å². The molecule has 6 heteroatoms. The van der Waals surface area contributed by atoms with Crippen LogP contribution in [0, 0.1) is 0 Å². The number of benzene rings is 7. The first-order valence-corrected chi connectivity index (χ1v) is 17.2. The topological polar surface area (TPSA) is 69.1 Å². The summed E-state index contributed by atoms with van der Waals surface area (Å²) in [5.41, 5.74) is 13.0. The van der Waals surface area contributed by atoms with Gasteiger partial charge in [0.2, 0.25) is 0 Å². The van der Waals surface area contributed by atoms with Crippen LogP contribution in [0.1, 0.15) is 0 Å². The van der Waals surface area contributed by atoms with Crippen LogP contribution >= 0.6 is 0 Å². The highest BCUT2D eigenvalue weighted by atomic mass is 16.4. The van der Waals surface area contributed by atoms with E-state index in [-0.39, 0.29) is 0 Å². The molecule has 0 bridgehead atoms. The van der Waals surface area contributed by atoms with Crippen LogP contribution in [0.5, 0.6) is 0 Å². The van der Waals surface area contributed by atoms with Gasteiger partial charge in [0, 0.05) is 16.7 Å². The van der Waals surface area contributed by atoms with Crippen molar-refractivity contribution >= 4 is 28.0 Å². The van der Waals surface area contributed by atoms with Crippen molar-refractivity contribution in [1.29, 1.82) is 0 Å². The first kappa shape index (κ1) is 29.7. The second-order valence-electron chi connectivity index (χ2n) is 12.7. The van der Waals surface area contributed by atoms with E-state index in [1.807, 2.05) is 78.9 Å². The van der Waals surface area contributed by atoms with Gasteiger partial charge in [0.25, 0.3) is 0 Å². The van der Waals surface area contributed by atoms with Gasteiger partial charge in [0.1, 0.15) is 0 Å². The Kier molecular flexibility index (Phi) is 7.03. The lowest BCUT2D eigenvalue weighted by molar-refractivity contribution is 0.643. The standard InChI is InChI=1S/C46H29N5O/c1-5-13-30(14-6-1)34-23-26-42-41(28-34)51-40-29-35(22-25-39(40)47-46(51)52-42)37-24-21-36(27-38(37)31-15-7-2-8-16-31)45-49-43(32-17-9-3-10-18-32)48-44(50-45)33-19-11-4-12-20-33/h1-29H. The van der Waals surface area contributed by atoms with Gasteiger partial charge in [-0.3, -0.25) is 4.40 Å². The Morgan fingerprint density at radius 1 is 0.346 bits per heavy atom. The Morgan fingerprint density at radius 2 is 0.865 bits per heavy atom. The first-order chi connectivity index (χ1) is 25.7. The number of aromatic nitrogens is 5. The minimum absolute atomic E-state index is 0.573. The van der Waals surface area contributed by atoms with Gasteiger partial charge in [0.15, 0.2) is 23.1 Å². The van der Waals surface area contributed by atoms with E-state index in [1.54, 1.807) is 0 Å². The zero-order valence-electron chi connectivity index (χ0n) is 27.9. The number of fused-ring (bicyclic) bond motifs is 5. The molecule has 0 saturated heterocycles. The van der Waals surface area contributed by atoms with Crippen LogP contribution in [0.15, 0.2) is 180 Å². The minimum Gasteiger partial charge on any atom is -0.423 e. The van der Waals surface area contributed by atoms with E-state index in [2.05, 4.69) is 101 Å². The summed E-state index contributed by atoms with van der Waals surface area (Å²) < 4.78 is 8.37. The Labute approximate surface area is 299 Å². The van der Waals surface area contributed by atoms with E-state index >= 15 is 0 Å². The van der Waals surface area contributed by atoms with Crippen molar-refractivity contribution < 1.29 is 4.42 Å². The van der Waals surface area contributed by atoms with Crippen LogP contribution in [0.25, 0.3) is 95.5 Å². The molecule has 0 saturated carbocycles. The third-order valence-corrected chi connectivity index (χ3v) is 9.50. The van der Waals surface area contributed by atoms with E-state index in [0.717, 1.165) is 72.2 Å². The Hall–Kier alpha value is -7.18. The van der Waals surface area contributed by atoms with E-state index < -0.39 is 0 Å². The van der Waals surface area contributed by atoms with E-state index in [4.69, 9.17) is 24.4 Å². The fraction of sp³-hybridized carbons (Fsp3) is 0.